The molecule has 33 heavy (non-hydrogen) atoms. The van der Waals surface area contributed by atoms with Crippen LogP contribution in [0.1, 0.15) is 79.5 Å². The number of H-pyrrole nitrogens is 1. The Kier molecular flexibility index (Phi) is 8.22. The van der Waals surface area contributed by atoms with E-state index in [-0.39, 0.29) is 30.5 Å². The van der Waals surface area contributed by atoms with Crippen LogP contribution >= 0.6 is 0 Å². The molecule has 0 bridgehead atoms. The molecule has 1 atom stereocenters. The van der Waals surface area contributed by atoms with Crippen LogP contribution in [-0.4, -0.2) is 33.0 Å². The number of aryl methyl sites for hydroxylation is 1. The number of imidazole rings is 1. The van der Waals surface area contributed by atoms with Gasteiger partial charge in [0.15, 0.2) is 5.78 Å². The number of carbonyl (C=O) groups is 2. The van der Waals surface area contributed by atoms with Gasteiger partial charge in [0, 0.05) is 18.0 Å². The number of nitrogens with one attached hydrogen (secondary N) is 2. The number of aromatic nitrogens is 2. The molecular formula is C26H33N3O4. The van der Waals surface area contributed by atoms with Gasteiger partial charge in [-0.1, -0.05) is 56.5 Å². The van der Waals surface area contributed by atoms with Gasteiger partial charge in [0.05, 0.1) is 17.6 Å². The summed E-state index contributed by atoms with van der Waals surface area (Å²) in [4.78, 5) is 41.0. The second-order valence-electron chi connectivity index (χ2n) is 8.22. The first-order valence-corrected chi connectivity index (χ1v) is 11.7. The van der Waals surface area contributed by atoms with Gasteiger partial charge in [-0.2, -0.15) is 0 Å². The summed E-state index contributed by atoms with van der Waals surface area (Å²) in [7, 11) is 0. The maximum atomic E-state index is 13.4. The van der Waals surface area contributed by atoms with Crippen molar-refractivity contribution in [1.82, 2.24) is 14.9 Å². The number of rotatable bonds is 7. The van der Waals surface area contributed by atoms with Crippen molar-refractivity contribution in [2.75, 3.05) is 6.61 Å². The Labute approximate surface area is 193 Å². The minimum Gasteiger partial charge on any atom is -0.396 e. The Hall–Kier alpha value is -3.19. The van der Waals surface area contributed by atoms with Crippen LogP contribution in [0.15, 0.2) is 47.3 Å². The predicted molar refractivity (Wildman–Crippen MR) is 130 cm³/mol. The molecule has 1 aromatic heterocycles. The average molecular weight is 452 g/mol. The summed E-state index contributed by atoms with van der Waals surface area (Å²) in [5.41, 5.74) is 3.31. The highest BCUT2D eigenvalue weighted by Gasteiger charge is 2.26. The van der Waals surface area contributed by atoms with Gasteiger partial charge in [-0.3, -0.25) is 14.2 Å². The van der Waals surface area contributed by atoms with Gasteiger partial charge in [0.2, 0.25) is 5.91 Å². The summed E-state index contributed by atoms with van der Waals surface area (Å²) < 4.78 is 1.80. The first-order chi connectivity index (χ1) is 16.0. The Morgan fingerprint density at radius 1 is 1.15 bits per heavy atom. The lowest BCUT2D eigenvalue weighted by Crippen LogP contribution is -2.34. The van der Waals surface area contributed by atoms with E-state index in [2.05, 4.69) is 10.3 Å². The Morgan fingerprint density at radius 3 is 2.55 bits per heavy atom. The maximum absolute atomic E-state index is 13.4. The fourth-order valence-corrected chi connectivity index (χ4v) is 4.46. The summed E-state index contributed by atoms with van der Waals surface area (Å²) in [6.45, 7) is 5.63. The van der Waals surface area contributed by atoms with E-state index < -0.39 is 11.9 Å². The summed E-state index contributed by atoms with van der Waals surface area (Å²) in [6, 6.07) is 11.9. The molecule has 1 fully saturated rings. The fraction of sp³-hybridized carbons (Fsp3) is 0.423. The van der Waals surface area contributed by atoms with Gasteiger partial charge < -0.3 is 15.4 Å². The molecule has 1 heterocycles. The molecule has 7 heteroatoms. The second kappa shape index (κ2) is 11.1. The van der Waals surface area contributed by atoms with Crippen LogP contribution in [-0.2, 0) is 4.79 Å². The highest BCUT2D eigenvalue weighted by atomic mass is 16.3. The van der Waals surface area contributed by atoms with Crippen LogP contribution in [0.4, 0.5) is 0 Å². The third kappa shape index (κ3) is 5.42. The third-order valence-corrected chi connectivity index (χ3v) is 5.97. The molecule has 0 spiro atoms. The average Bonchev–Trinajstić information content (AvgIpc) is 3.44. The number of Topliss-reactive ketones (excluding diaryl/α,β-unsaturated/α-hetero) is 1. The first kappa shape index (κ1) is 24.5. The quantitative estimate of drug-likeness (QED) is 0.468. The summed E-state index contributed by atoms with van der Waals surface area (Å²) in [6.07, 6.45) is 4.13. The first-order valence-electron chi connectivity index (χ1n) is 11.7. The molecule has 1 amide bonds. The second-order valence-corrected chi connectivity index (χ2v) is 8.22. The molecule has 7 nitrogen and oxygen atoms in total. The van der Waals surface area contributed by atoms with E-state index in [0.29, 0.717) is 16.6 Å². The van der Waals surface area contributed by atoms with Crippen molar-refractivity contribution in [3.05, 3.63) is 69.6 Å². The lowest BCUT2D eigenvalue weighted by molar-refractivity contribution is -0.122. The van der Waals surface area contributed by atoms with Crippen LogP contribution in [0, 0.1) is 6.92 Å². The van der Waals surface area contributed by atoms with Crippen LogP contribution in [0.25, 0.3) is 11.0 Å². The molecule has 0 saturated heterocycles. The van der Waals surface area contributed by atoms with Gasteiger partial charge in [0.1, 0.15) is 6.04 Å². The van der Waals surface area contributed by atoms with Crippen molar-refractivity contribution in [1.29, 1.82) is 0 Å². The van der Waals surface area contributed by atoms with Crippen molar-refractivity contribution in [3.8, 4) is 0 Å². The molecule has 4 rings (SSSR count). The largest absolute Gasteiger partial charge is 0.396 e. The number of hydrogen-bond donors (Lipinski definition) is 3. The molecule has 3 N–H and O–H groups in total. The number of ketones is 1. The number of nitrogens with zero attached hydrogens (tertiary/aromatic N) is 1. The SMILES string of the molecule is CC.Cc1cccc(C(NC(=O)CCO)C(=O)c2ccc3c(c2)[nH]c(=O)n3C2CCCC2)c1. The molecule has 1 saturated carbocycles. The zero-order chi connectivity index (χ0) is 24.0. The van der Waals surface area contributed by atoms with Crippen molar-refractivity contribution < 1.29 is 14.7 Å². The molecule has 0 radical (unpaired) electrons. The van der Waals surface area contributed by atoms with Gasteiger partial charge >= 0.3 is 5.69 Å². The molecule has 1 aliphatic carbocycles. The van der Waals surface area contributed by atoms with E-state index in [1.807, 2.05) is 45.0 Å². The zero-order valence-electron chi connectivity index (χ0n) is 19.6. The van der Waals surface area contributed by atoms with Crippen molar-refractivity contribution in [2.45, 2.75) is 65.0 Å². The molecular weight excluding hydrogens is 418 g/mol. The molecule has 1 aliphatic rings. The summed E-state index contributed by atoms with van der Waals surface area (Å²) >= 11 is 0. The normalized spacial score (nSPS) is 14.5. The van der Waals surface area contributed by atoms with Gasteiger partial charge in [0.25, 0.3) is 0 Å². The highest BCUT2D eigenvalue weighted by Crippen LogP contribution is 2.31. The smallest absolute Gasteiger partial charge is 0.326 e. The molecule has 1 unspecified atom stereocenters. The number of fused-ring (bicyclic) bond motifs is 1. The van der Waals surface area contributed by atoms with Gasteiger partial charge in [-0.05, 0) is 43.5 Å². The molecule has 2 aromatic carbocycles. The number of carbonyl (C=O) groups excluding carboxylic acids is 2. The lowest BCUT2D eigenvalue weighted by Gasteiger charge is -2.19. The van der Waals surface area contributed by atoms with Crippen LogP contribution in [0.3, 0.4) is 0 Å². The molecule has 3 aromatic rings. The predicted octanol–water partition coefficient (Wildman–Crippen LogP) is 4.20. The number of hydrogen-bond acceptors (Lipinski definition) is 4. The summed E-state index contributed by atoms with van der Waals surface area (Å²) in [5.74, 6) is -0.669. The van der Waals surface area contributed by atoms with Gasteiger partial charge in [-0.15, -0.1) is 0 Å². The topological polar surface area (TPSA) is 104 Å². The number of aliphatic hydroxyl groups excluding tert-OH is 1. The van der Waals surface area contributed by atoms with E-state index in [4.69, 9.17) is 5.11 Å². The molecule has 176 valence electrons. The standard InChI is InChI=1S/C24H27N3O4.C2H6/c1-15-5-4-6-16(13-15)22(26-21(29)11-12-28)23(30)17-9-10-20-19(14-17)25-24(31)27(20)18-7-2-3-8-18;1-2/h4-6,9-10,13-14,18,22,28H,2-3,7-8,11-12H2,1H3,(H,25,31)(H,26,29);1-2H3. The zero-order valence-corrected chi connectivity index (χ0v) is 19.6. The Morgan fingerprint density at radius 2 is 1.88 bits per heavy atom. The molecule has 0 aliphatic heterocycles. The monoisotopic (exact) mass is 451 g/mol. The van der Waals surface area contributed by atoms with Gasteiger partial charge in [-0.25, -0.2) is 4.79 Å². The van der Waals surface area contributed by atoms with E-state index in [1.54, 1.807) is 22.8 Å². The van der Waals surface area contributed by atoms with Crippen LogP contribution in [0.2, 0.25) is 0 Å². The third-order valence-electron chi connectivity index (χ3n) is 5.97. The Bertz CT molecular complexity index is 1170. The van der Waals surface area contributed by atoms with Crippen molar-refractivity contribution >= 4 is 22.7 Å². The number of aliphatic hydroxyl groups is 1. The maximum Gasteiger partial charge on any atom is 0.326 e. The van der Waals surface area contributed by atoms with E-state index in [1.165, 1.54) is 0 Å². The number of aromatic amines is 1. The Balaban J connectivity index is 0.00000149. The number of benzene rings is 2. The minimum absolute atomic E-state index is 0.0772. The van der Waals surface area contributed by atoms with Crippen LogP contribution in [0.5, 0.6) is 0 Å². The lowest BCUT2D eigenvalue weighted by atomic mass is 9.95. The van der Waals surface area contributed by atoms with E-state index >= 15 is 0 Å². The minimum atomic E-state index is -0.875. The van der Waals surface area contributed by atoms with Crippen molar-refractivity contribution in [2.24, 2.45) is 0 Å². The number of amides is 1. The van der Waals surface area contributed by atoms with E-state index in [0.717, 1.165) is 36.8 Å². The van der Waals surface area contributed by atoms with Crippen molar-refractivity contribution in [3.63, 3.8) is 0 Å². The van der Waals surface area contributed by atoms with Crippen LogP contribution < -0.4 is 11.0 Å². The highest BCUT2D eigenvalue weighted by molar-refractivity contribution is 6.04. The fourth-order valence-electron chi connectivity index (χ4n) is 4.46. The summed E-state index contributed by atoms with van der Waals surface area (Å²) in [5, 5.41) is 11.8. The van der Waals surface area contributed by atoms with E-state index in [9.17, 15) is 14.4 Å².